The molecule has 2 rings (SSSR count). The standard InChI is InChI=1S/C21H34BNO5/c1-19(2,3)26-18(24)23(8)13-10-14-25-17-12-9-11-16(15-17)22-27-20(4,5)21(6,7)28-22/h9,11-12,15H,10,13-14H2,1-8H3. The van der Waals surface area contributed by atoms with Crippen molar-refractivity contribution in [1.82, 2.24) is 4.90 Å². The molecule has 0 spiro atoms. The Bertz CT molecular complexity index is 668. The van der Waals surface area contributed by atoms with E-state index < -0.39 is 12.7 Å². The Morgan fingerprint density at radius 1 is 1.14 bits per heavy atom. The third-order valence-corrected chi connectivity index (χ3v) is 5.00. The van der Waals surface area contributed by atoms with Crippen molar-refractivity contribution >= 4 is 18.7 Å². The van der Waals surface area contributed by atoms with Crippen LogP contribution in [0.5, 0.6) is 5.75 Å². The van der Waals surface area contributed by atoms with Crippen molar-refractivity contribution in [3.05, 3.63) is 24.3 Å². The number of nitrogens with zero attached hydrogens (tertiary/aromatic N) is 1. The molecule has 0 aromatic heterocycles. The lowest BCUT2D eigenvalue weighted by molar-refractivity contribution is 0.00578. The van der Waals surface area contributed by atoms with E-state index in [1.807, 2.05) is 72.7 Å². The number of hydrogen-bond donors (Lipinski definition) is 0. The first-order valence-electron chi connectivity index (χ1n) is 9.83. The zero-order valence-electron chi connectivity index (χ0n) is 18.5. The predicted molar refractivity (Wildman–Crippen MR) is 111 cm³/mol. The summed E-state index contributed by atoms with van der Waals surface area (Å²) in [5, 5.41) is 0. The van der Waals surface area contributed by atoms with Gasteiger partial charge in [0, 0.05) is 13.6 Å². The molecule has 1 aromatic rings. The molecule has 6 nitrogen and oxygen atoms in total. The van der Waals surface area contributed by atoms with E-state index in [1.165, 1.54) is 0 Å². The van der Waals surface area contributed by atoms with Crippen molar-refractivity contribution in [2.45, 2.75) is 71.7 Å². The van der Waals surface area contributed by atoms with Crippen LogP contribution in [-0.4, -0.2) is 55.1 Å². The van der Waals surface area contributed by atoms with E-state index in [2.05, 4.69) is 0 Å². The Balaban J connectivity index is 1.83. The maximum absolute atomic E-state index is 12.0. The van der Waals surface area contributed by atoms with Gasteiger partial charge in [-0.25, -0.2) is 4.79 Å². The molecule has 1 amide bonds. The molecule has 1 fully saturated rings. The molecule has 0 atom stereocenters. The maximum Gasteiger partial charge on any atom is 0.494 e. The second kappa shape index (κ2) is 8.33. The van der Waals surface area contributed by atoms with Crippen LogP contribution in [0.2, 0.25) is 0 Å². The van der Waals surface area contributed by atoms with Crippen molar-refractivity contribution < 1.29 is 23.6 Å². The minimum atomic E-state index is -0.490. The Labute approximate surface area is 169 Å². The zero-order chi connectivity index (χ0) is 21.2. The minimum absolute atomic E-state index is 0.324. The first kappa shape index (κ1) is 22.6. The number of amides is 1. The Morgan fingerprint density at radius 2 is 1.75 bits per heavy atom. The average Bonchev–Trinajstić information content (AvgIpc) is 2.78. The molecule has 0 saturated carbocycles. The fourth-order valence-corrected chi connectivity index (χ4v) is 2.65. The Morgan fingerprint density at radius 3 is 2.32 bits per heavy atom. The van der Waals surface area contributed by atoms with E-state index in [1.54, 1.807) is 11.9 Å². The smallest absolute Gasteiger partial charge is 0.494 e. The van der Waals surface area contributed by atoms with Gasteiger partial charge in [0.15, 0.2) is 0 Å². The monoisotopic (exact) mass is 391 g/mol. The second-order valence-electron chi connectivity index (χ2n) is 9.26. The van der Waals surface area contributed by atoms with Gasteiger partial charge in [-0.15, -0.1) is 0 Å². The molecule has 1 aromatic carbocycles. The molecule has 7 heteroatoms. The largest absolute Gasteiger partial charge is 0.494 e. The molecule has 1 aliphatic heterocycles. The van der Waals surface area contributed by atoms with Gasteiger partial charge in [0.05, 0.1) is 17.8 Å². The lowest BCUT2D eigenvalue weighted by atomic mass is 9.79. The summed E-state index contributed by atoms with van der Waals surface area (Å²) >= 11 is 0. The number of benzene rings is 1. The molecular formula is C21H34BNO5. The van der Waals surface area contributed by atoms with Crippen LogP contribution in [0.25, 0.3) is 0 Å². The van der Waals surface area contributed by atoms with Crippen molar-refractivity contribution in [1.29, 1.82) is 0 Å². The van der Waals surface area contributed by atoms with Gasteiger partial charge >= 0.3 is 13.2 Å². The molecule has 0 N–H and O–H groups in total. The molecule has 28 heavy (non-hydrogen) atoms. The van der Waals surface area contributed by atoms with Gasteiger partial charge in [0.25, 0.3) is 0 Å². The van der Waals surface area contributed by atoms with Crippen LogP contribution in [0.3, 0.4) is 0 Å². The molecule has 0 radical (unpaired) electrons. The van der Waals surface area contributed by atoms with Crippen molar-refractivity contribution in [2.24, 2.45) is 0 Å². The molecule has 0 aliphatic carbocycles. The molecule has 1 saturated heterocycles. The SMILES string of the molecule is CN(CCCOc1cccc(B2OC(C)(C)C(C)(C)O2)c1)C(=O)OC(C)(C)C. The summed E-state index contributed by atoms with van der Waals surface area (Å²) in [6.45, 7) is 14.8. The average molecular weight is 391 g/mol. The molecular weight excluding hydrogens is 357 g/mol. The van der Waals surface area contributed by atoms with Gasteiger partial charge in [-0.2, -0.15) is 0 Å². The van der Waals surface area contributed by atoms with Crippen LogP contribution < -0.4 is 10.2 Å². The van der Waals surface area contributed by atoms with Crippen LogP contribution in [-0.2, 0) is 14.0 Å². The van der Waals surface area contributed by atoms with Gasteiger partial charge in [-0.1, -0.05) is 12.1 Å². The summed E-state index contributed by atoms with van der Waals surface area (Å²) in [6.07, 6.45) is 0.381. The van der Waals surface area contributed by atoms with Crippen LogP contribution in [0.4, 0.5) is 4.79 Å². The van der Waals surface area contributed by atoms with E-state index in [0.717, 1.165) is 11.2 Å². The fraction of sp³-hybridized carbons (Fsp3) is 0.667. The fourth-order valence-electron chi connectivity index (χ4n) is 2.65. The van der Waals surface area contributed by atoms with Gasteiger partial charge in [-0.3, -0.25) is 0 Å². The van der Waals surface area contributed by atoms with Crippen molar-refractivity contribution in [3.63, 3.8) is 0 Å². The third-order valence-electron chi connectivity index (χ3n) is 5.00. The van der Waals surface area contributed by atoms with Gasteiger partial charge < -0.3 is 23.7 Å². The summed E-state index contributed by atoms with van der Waals surface area (Å²) in [5.41, 5.74) is -0.306. The Kier molecular flexibility index (Phi) is 6.72. The summed E-state index contributed by atoms with van der Waals surface area (Å²) in [5.74, 6) is 0.757. The summed E-state index contributed by atoms with van der Waals surface area (Å²) in [4.78, 5) is 13.5. The Hall–Kier alpha value is -1.73. The highest BCUT2D eigenvalue weighted by Gasteiger charge is 2.51. The highest BCUT2D eigenvalue weighted by Crippen LogP contribution is 2.36. The van der Waals surface area contributed by atoms with Crippen molar-refractivity contribution in [3.8, 4) is 5.75 Å². The van der Waals surface area contributed by atoms with Crippen LogP contribution in [0, 0.1) is 0 Å². The second-order valence-corrected chi connectivity index (χ2v) is 9.26. The lowest BCUT2D eigenvalue weighted by Crippen LogP contribution is -2.41. The number of rotatable bonds is 6. The van der Waals surface area contributed by atoms with Crippen molar-refractivity contribution in [2.75, 3.05) is 20.2 Å². The summed E-state index contributed by atoms with van der Waals surface area (Å²) in [7, 11) is 1.32. The third kappa shape index (κ3) is 5.88. The topological polar surface area (TPSA) is 57.2 Å². The normalized spacial score (nSPS) is 18.1. The molecule has 0 bridgehead atoms. The van der Waals surface area contributed by atoms with Crippen LogP contribution >= 0.6 is 0 Å². The molecule has 1 heterocycles. The summed E-state index contributed by atoms with van der Waals surface area (Å²) in [6, 6.07) is 7.76. The lowest BCUT2D eigenvalue weighted by Gasteiger charge is -2.32. The van der Waals surface area contributed by atoms with Gasteiger partial charge in [0.1, 0.15) is 11.4 Å². The van der Waals surface area contributed by atoms with E-state index in [-0.39, 0.29) is 17.3 Å². The maximum atomic E-state index is 12.0. The van der Waals surface area contributed by atoms with Gasteiger partial charge in [0.2, 0.25) is 0 Å². The summed E-state index contributed by atoms with van der Waals surface area (Å²) < 4.78 is 23.4. The quantitative estimate of drug-likeness (QED) is 0.548. The first-order chi connectivity index (χ1) is 12.8. The molecule has 1 aliphatic rings. The van der Waals surface area contributed by atoms with E-state index >= 15 is 0 Å². The number of ether oxygens (including phenoxy) is 2. The molecule has 0 unspecified atom stereocenters. The minimum Gasteiger partial charge on any atom is -0.494 e. The van der Waals surface area contributed by atoms with E-state index in [4.69, 9.17) is 18.8 Å². The highest BCUT2D eigenvalue weighted by molar-refractivity contribution is 6.62. The van der Waals surface area contributed by atoms with E-state index in [0.29, 0.717) is 19.6 Å². The van der Waals surface area contributed by atoms with E-state index in [9.17, 15) is 4.79 Å². The zero-order valence-corrected chi connectivity index (χ0v) is 18.5. The molecule has 156 valence electrons. The van der Waals surface area contributed by atoms with Crippen LogP contribution in [0.15, 0.2) is 24.3 Å². The van der Waals surface area contributed by atoms with Gasteiger partial charge in [-0.05, 0) is 72.5 Å². The first-order valence-corrected chi connectivity index (χ1v) is 9.83. The number of carbonyl (C=O) groups excluding carboxylic acids is 1. The predicted octanol–water partition coefficient (Wildman–Crippen LogP) is 3.62. The number of carbonyl (C=O) groups is 1. The number of hydrogen-bond acceptors (Lipinski definition) is 5. The highest BCUT2D eigenvalue weighted by atomic mass is 16.7. The van der Waals surface area contributed by atoms with Crippen LogP contribution in [0.1, 0.15) is 54.9 Å².